The number of carbonyl (C=O) groups excluding carboxylic acids is 5. The molecule has 2 heterocycles. The zero-order valence-corrected chi connectivity index (χ0v) is 31.7. The number of aromatic nitrogens is 1. The van der Waals surface area contributed by atoms with Crippen LogP contribution in [0.2, 0.25) is 0 Å². The number of nitrogens with two attached hydrogens (primary N) is 3. The summed E-state index contributed by atoms with van der Waals surface area (Å²) in [5.74, 6) is -2.94. The standard InChI is InChI=1S/C41H51N7O7/c1-25-19-36(51)39(48(3)41(53)29(12-14-43)23-35(50)30-8-6-26(2)46-24-30)28-9-11-38(55-18-16-45)32(22-28)31-20-27(7-10-37(31)54-17-15-44)21-33(47-40(25)52)34(49)5-4-13-42/h6-11,20,22,24-25,29,33,39H,4-5,12,14-19,21,23,43-45H2,1-3H3,(H,47,52)/t25-,29-,33+,39+/m1/s1. The number of nitriles is 1. The van der Waals surface area contributed by atoms with Crippen molar-refractivity contribution < 1.29 is 33.4 Å². The third kappa shape index (κ3) is 11.0. The van der Waals surface area contributed by atoms with Crippen molar-refractivity contribution in [2.24, 2.45) is 29.0 Å². The van der Waals surface area contributed by atoms with Gasteiger partial charge >= 0.3 is 0 Å². The lowest BCUT2D eigenvalue weighted by molar-refractivity contribution is -0.142. The monoisotopic (exact) mass is 753 g/mol. The van der Waals surface area contributed by atoms with E-state index in [9.17, 15) is 24.0 Å². The van der Waals surface area contributed by atoms with E-state index in [4.69, 9.17) is 31.9 Å². The summed E-state index contributed by atoms with van der Waals surface area (Å²) in [5, 5.41) is 12.0. The van der Waals surface area contributed by atoms with Gasteiger partial charge in [0.05, 0.1) is 12.1 Å². The Labute approximate surface area is 321 Å². The first kappa shape index (κ1) is 42.3. The molecule has 14 heteroatoms. The number of fused-ring (bicyclic) bond motifs is 5. The molecule has 1 aromatic heterocycles. The summed E-state index contributed by atoms with van der Waals surface area (Å²) in [6, 6.07) is 13.6. The number of nitrogens with one attached hydrogen (secondary N) is 1. The summed E-state index contributed by atoms with van der Waals surface area (Å²) in [6.07, 6.45) is 1.24. The minimum absolute atomic E-state index is 0.0221. The van der Waals surface area contributed by atoms with Gasteiger partial charge in [0.1, 0.15) is 30.8 Å². The highest BCUT2D eigenvalue weighted by molar-refractivity contribution is 6.00. The second-order valence-electron chi connectivity index (χ2n) is 13.8. The molecule has 292 valence electrons. The first-order chi connectivity index (χ1) is 26.4. The van der Waals surface area contributed by atoms with Crippen LogP contribution in [0.5, 0.6) is 11.5 Å². The Morgan fingerprint density at radius 1 is 0.964 bits per heavy atom. The van der Waals surface area contributed by atoms with Crippen LogP contribution in [0.1, 0.15) is 72.2 Å². The minimum Gasteiger partial charge on any atom is -0.492 e. The summed E-state index contributed by atoms with van der Waals surface area (Å²) in [7, 11) is 1.50. The number of carbonyl (C=O) groups is 5. The Bertz CT molecular complexity index is 1890. The first-order valence-electron chi connectivity index (χ1n) is 18.5. The van der Waals surface area contributed by atoms with Crippen LogP contribution in [-0.4, -0.2) is 85.0 Å². The summed E-state index contributed by atoms with van der Waals surface area (Å²) < 4.78 is 12.2. The van der Waals surface area contributed by atoms with Crippen molar-refractivity contribution in [2.45, 2.75) is 64.5 Å². The maximum atomic E-state index is 14.5. The second-order valence-corrected chi connectivity index (χ2v) is 13.8. The number of ketones is 3. The van der Waals surface area contributed by atoms with Crippen LogP contribution in [0, 0.1) is 30.1 Å². The van der Waals surface area contributed by atoms with Gasteiger partial charge in [-0.25, -0.2) is 0 Å². The number of likely N-dealkylation sites (N-methyl/N-ethyl adjacent to an activating group) is 1. The van der Waals surface area contributed by atoms with Crippen LogP contribution < -0.4 is 32.0 Å². The van der Waals surface area contributed by atoms with E-state index in [1.807, 2.05) is 12.1 Å². The molecular weight excluding hydrogens is 702 g/mol. The van der Waals surface area contributed by atoms with Gasteiger partial charge in [0.15, 0.2) is 17.3 Å². The van der Waals surface area contributed by atoms with E-state index < -0.39 is 41.5 Å². The highest BCUT2D eigenvalue weighted by Crippen LogP contribution is 2.41. The van der Waals surface area contributed by atoms with Crippen LogP contribution in [-0.2, 0) is 25.6 Å². The number of benzene rings is 2. The van der Waals surface area contributed by atoms with Crippen molar-refractivity contribution in [3.63, 3.8) is 0 Å². The van der Waals surface area contributed by atoms with Crippen LogP contribution in [0.15, 0.2) is 54.7 Å². The molecule has 1 aliphatic heterocycles. The normalized spacial score (nSPS) is 17.6. The Morgan fingerprint density at radius 2 is 1.64 bits per heavy atom. The van der Waals surface area contributed by atoms with Crippen molar-refractivity contribution in [1.29, 1.82) is 5.26 Å². The Balaban J connectivity index is 1.88. The van der Waals surface area contributed by atoms with Gasteiger partial charge in [-0.2, -0.15) is 5.26 Å². The molecule has 0 saturated carbocycles. The number of amides is 2. The molecule has 2 aromatic carbocycles. The number of aryl methyl sites for hydroxylation is 1. The predicted octanol–water partition coefficient (Wildman–Crippen LogP) is 2.98. The van der Waals surface area contributed by atoms with E-state index >= 15 is 0 Å². The lowest BCUT2D eigenvalue weighted by atomic mass is 9.88. The highest BCUT2D eigenvalue weighted by Gasteiger charge is 2.36. The SMILES string of the molecule is Cc1ccc(C(=O)C[C@@H](CCN)C(=O)N(C)[C@@H]2C(=O)C[C@@H](C)C(=O)N[C@H](C(=O)CCC#N)Cc3ccc(OCCN)c(c3)-c3cc2ccc3OCCN)cn1. The third-order valence-corrected chi connectivity index (χ3v) is 9.56. The van der Waals surface area contributed by atoms with Crippen LogP contribution in [0.4, 0.5) is 0 Å². The van der Waals surface area contributed by atoms with Crippen molar-refractivity contribution >= 4 is 29.2 Å². The van der Waals surface area contributed by atoms with E-state index in [0.29, 0.717) is 39.3 Å². The molecule has 0 spiro atoms. The van der Waals surface area contributed by atoms with Crippen LogP contribution in [0.3, 0.4) is 0 Å². The lowest BCUT2D eigenvalue weighted by Gasteiger charge is -2.32. The Hall–Kier alpha value is -5.49. The second kappa shape index (κ2) is 20.3. The molecule has 2 amide bonds. The summed E-state index contributed by atoms with van der Waals surface area (Å²) in [6.45, 7) is 4.32. The molecule has 0 unspecified atom stereocenters. The van der Waals surface area contributed by atoms with Gasteiger partial charge < -0.3 is 36.9 Å². The average molecular weight is 754 g/mol. The number of ether oxygens (including phenoxy) is 2. The van der Waals surface area contributed by atoms with E-state index in [1.165, 1.54) is 18.1 Å². The number of rotatable bonds is 16. The van der Waals surface area contributed by atoms with Gasteiger partial charge in [-0.1, -0.05) is 19.1 Å². The summed E-state index contributed by atoms with van der Waals surface area (Å²) >= 11 is 0. The number of pyridine rings is 1. The largest absolute Gasteiger partial charge is 0.492 e. The molecule has 3 aromatic rings. The molecule has 4 atom stereocenters. The van der Waals surface area contributed by atoms with Gasteiger partial charge in [0.2, 0.25) is 11.8 Å². The fourth-order valence-electron chi connectivity index (χ4n) is 6.62. The number of hydrogen-bond donors (Lipinski definition) is 4. The molecular formula is C41H51N7O7. The highest BCUT2D eigenvalue weighted by atomic mass is 16.5. The quantitative estimate of drug-likeness (QED) is 0.155. The van der Waals surface area contributed by atoms with Gasteiger partial charge in [-0.3, -0.25) is 29.0 Å². The van der Waals surface area contributed by atoms with E-state index in [2.05, 4.69) is 10.3 Å². The molecule has 55 heavy (non-hydrogen) atoms. The van der Waals surface area contributed by atoms with Gasteiger partial charge in [-0.05, 0) is 73.8 Å². The maximum Gasteiger partial charge on any atom is 0.226 e. The molecule has 0 saturated heterocycles. The molecule has 0 fully saturated rings. The van der Waals surface area contributed by atoms with Gasteiger partial charge in [-0.15, -0.1) is 0 Å². The lowest BCUT2D eigenvalue weighted by Crippen LogP contribution is -2.46. The molecule has 7 N–H and O–H groups in total. The van der Waals surface area contributed by atoms with Crippen molar-refractivity contribution in [2.75, 3.05) is 39.9 Å². The van der Waals surface area contributed by atoms with Gasteiger partial charge in [0.25, 0.3) is 0 Å². The Morgan fingerprint density at radius 3 is 2.25 bits per heavy atom. The van der Waals surface area contributed by atoms with Gasteiger partial charge in [0, 0.05) is 86.2 Å². The maximum absolute atomic E-state index is 14.5. The molecule has 0 aliphatic carbocycles. The predicted molar refractivity (Wildman–Crippen MR) is 206 cm³/mol. The minimum atomic E-state index is -1.20. The number of nitrogens with zero attached hydrogens (tertiary/aromatic N) is 3. The van der Waals surface area contributed by atoms with E-state index in [-0.39, 0.29) is 82.9 Å². The fraction of sp³-hybridized carbons (Fsp3) is 0.439. The van der Waals surface area contributed by atoms with Crippen molar-refractivity contribution in [3.8, 4) is 28.7 Å². The van der Waals surface area contributed by atoms with E-state index in [1.54, 1.807) is 56.3 Å². The third-order valence-electron chi connectivity index (χ3n) is 9.56. The fourth-order valence-corrected chi connectivity index (χ4v) is 6.62. The Kier molecular flexibility index (Phi) is 15.6. The summed E-state index contributed by atoms with van der Waals surface area (Å²) in [4.78, 5) is 74.7. The van der Waals surface area contributed by atoms with Crippen LogP contribution >= 0.6 is 0 Å². The molecule has 0 radical (unpaired) electrons. The number of Topliss-reactive ketones (excluding diaryl/α,β-unsaturated/α-hetero) is 3. The molecule has 14 nitrogen and oxygen atoms in total. The van der Waals surface area contributed by atoms with Crippen molar-refractivity contribution in [1.82, 2.24) is 15.2 Å². The molecule has 4 bridgehead atoms. The first-order valence-corrected chi connectivity index (χ1v) is 18.5. The molecule has 4 rings (SSSR count). The number of hydrogen-bond acceptors (Lipinski definition) is 12. The topological polar surface area (TPSA) is 234 Å². The van der Waals surface area contributed by atoms with Crippen LogP contribution in [0.25, 0.3) is 11.1 Å². The van der Waals surface area contributed by atoms with Crippen molar-refractivity contribution in [3.05, 3.63) is 77.1 Å². The zero-order chi connectivity index (χ0) is 40.1. The average Bonchev–Trinajstić information content (AvgIpc) is 3.17. The molecule has 1 aliphatic rings. The van der Waals surface area contributed by atoms with E-state index in [0.717, 1.165) is 5.69 Å². The smallest absolute Gasteiger partial charge is 0.226 e. The zero-order valence-electron chi connectivity index (χ0n) is 31.7. The summed E-state index contributed by atoms with van der Waals surface area (Å²) in [5.41, 5.74) is 20.8.